The van der Waals surface area contributed by atoms with Crippen LogP contribution in [0.15, 0.2) is 48.5 Å². The van der Waals surface area contributed by atoms with E-state index in [0.717, 1.165) is 72.0 Å². The summed E-state index contributed by atoms with van der Waals surface area (Å²) in [6.07, 6.45) is 8.28. The van der Waals surface area contributed by atoms with Crippen LogP contribution in [-0.4, -0.2) is 36.7 Å². The highest BCUT2D eigenvalue weighted by Crippen LogP contribution is 2.34. The predicted molar refractivity (Wildman–Crippen MR) is 127 cm³/mol. The van der Waals surface area contributed by atoms with Crippen LogP contribution in [-0.2, 0) is 12.8 Å². The zero-order valence-corrected chi connectivity index (χ0v) is 18.9. The van der Waals surface area contributed by atoms with Crippen molar-refractivity contribution < 1.29 is 4.79 Å². The van der Waals surface area contributed by atoms with Crippen molar-refractivity contribution in [3.8, 4) is 22.5 Å². The summed E-state index contributed by atoms with van der Waals surface area (Å²) in [5.74, 6) is 0.578. The summed E-state index contributed by atoms with van der Waals surface area (Å²) >= 11 is 0. The number of aromatic nitrogens is 6. The monoisotopic (exact) mass is 440 g/mol. The average molecular weight is 441 g/mol. The Morgan fingerprint density at radius 3 is 2.52 bits per heavy atom. The van der Waals surface area contributed by atoms with Gasteiger partial charge in [0.1, 0.15) is 5.69 Å². The number of aromatic amines is 1. The maximum absolute atomic E-state index is 12.1. The molecule has 7 heteroatoms. The average Bonchev–Trinajstić information content (AvgIpc) is 3.46. The number of carbonyl (C=O) groups excluding carboxylic acids is 1. The molecule has 2 heterocycles. The molecule has 0 spiro atoms. The molecule has 2 aromatic carbocycles. The third-order valence-electron chi connectivity index (χ3n) is 6.59. The van der Waals surface area contributed by atoms with E-state index >= 15 is 0 Å². The predicted octanol–water partition coefficient (Wildman–Crippen LogP) is 5.20. The Hall–Kier alpha value is -3.61. The van der Waals surface area contributed by atoms with Gasteiger partial charge in [0.05, 0.1) is 11.7 Å². The molecule has 0 bridgehead atoms. The van der Waals surface area contributed by atoms with E-state index in [1.54, 1.807) is 0 Å². The van der Waals surface area contributed by atoms with E-state index in [9.17, 15) is 4.79 Å². The fraction of sp³-hybridized carbons (Fsp3) is 0.346. The molecule has 1 fully saturated rings. The van der Waals surface area contributed by atoms with Crippen molar-refractivity contribution in [2.45, 2.75) is 57.9 Å². The lowest BCUT2D eigenvalue weighted by molar-refractivity contribution is 0.110. The molecule has 7 nitrogen and oxygen atoms in total. The fourth-order valence-corrected chi connectivity index (χ4v) is 4.51. The fourth-order valence-electron chi connectivity index (χ4n) is 4.51. The molecular weight excluding hydrogens is 412 g/mol. The number of aryl methyl sites for hydroxylation is 1. The minimum Gasteiger partial charge on any atom is -0.296 e. The second kappa shape index (κ2) is 9.48. The summed E-state index contributed by atoms with van der Waals surface area (Å²) in [7, 11) is 0. The van der Waals surface area contributed by atoms with E-state index in [2.05, 4.69) is 57.9 Å². The molecule has 4 aromatic rings. The van der Waals surface area contributed by atoms with Crippen molar-refractivity contribution in [3.05, 3.63) is 71.0 Å². The maximum Gasteiger partial charge on any atom is 0.205 e. The van der Waals surface area contributed by atoms with E-state index in [4.69, 9.17) is 5.10 Å². The van der Waals surface area contributed by atoms with Gasteiger partial charge in [-0.2, -0.15) is 10.3 Å². The Morgan fingerprint density at radius 1 is 1.09 bits per heavy atom. The number of nitrogens with zero attached hydrogens (tertiary/aromatic N) is 5. The molecule has 5 rings (SSSR count). The van der Waals surface area contributed by atoms with Crippen LogP contribution in [0.2, 0.25) is 0 Å². The minimum absolute atomic E-state index is 0.378. The minimum atomic E-state index is 0.378. The standard InChI is InChI=1S/C26H28N6O/c1-2-3-11-24-23(25(17-33)32(29-24)20-7-6-8-20)16-18-12-14-19(15-13-18)21-9-4-5-10-22(21)26-27-30-31-28-26/h4-5,9-10,12-15,17,20H,2-3,6-8,11,16H2,1H3,(H,27,28,30,31). The summed E-state index contributed by atoms with van der Waals surface area (Å²) < 4.78 is 2.01. The molecule has 0 saturated heterocycles. The van der Waals surface area contributed by atoms with Crippen LogP contribution in [0.4, 0.5) is 0 Å². The molecule has 1 aliphatic rings. The Balaban J connectivity index is 1.45. The molecule has 1 N–H and O–H groups in total. The quantitative estimate of drug-likeness (QED) is 0.361. The largest absolute Gasteiger partial charge is 0.296 e. The van der Waals surface area contributed by atoms with E-state index < -0.39 is 0 Å². The van der Waals surface area contributed by atoms with Crippen LogP contribution in [0.1, 0.15) is 72.4 Å². The van der Waals surface area contributed by atoms with E-state index in [1.165, 1.54) is 12.0 Å². The highest BCUT2D eigenvalue weighted by molar-refractivity contribution is 5.80. The number of H-pyrrole nitrogens is 1. The molecule has 0 aliphatic heterocycles. The van der Waals surface area contributed by atoms with Crippen LogP contribution < -0.4 is 0 Å². The Morgan fingerprint density at radius 2 is 1.88 bits per heavy atom. The number of hydrogen-bond acceptors (Lipinski definition) is 5. The van der Waals surface area contributed by atoms with Gasteiger partial charge in [-0.3, -0.25) is 9.48 Å². The first-order valence-electron chi connectivity index (χ1n) is 11.8. The number of tetrazole rings is 1. The number of hydrogen-bond donors (Lipinski definition) is 1. The third-order valence-corrected chi connectivity index (χ3v) is 6.59. The second-order valence-corrected chi connectivity index (χ2v) is 8.72. The highest BCUT2D eigenvalue weighted by Gasteiger charge is 2.26. The van der Waals surface area contributed by atoms with Crippen molar-refractivity contribution in [1.82, 2.24) is 30.4 Å². The van der Waals surface area contributed by atoms with Gasteiger partial charge < -0.3 is 0 Å². The zero-order chi connectivity index (χ0) is 22.6. The highest BCUT2D eigenvalue weighted by atomic mass is 16.1. The summed E-state index contributed by atoms with van der Waals surface area (Å²) in [5.41, 5.74) is 7.18. The van der Waals surface area contributed by atoms with Crippen molar-refractivity contribution in [2.75, 3.05) is 0 Å². The van der Waals surface area contributed by atoms with E-state index in [0.29, 0.717) is 18.3 Å². The van der Waals surface area contributed by atoms with Gasteiger partial charge in [-0.15, -0.1) is 10.2 Å². The zero-order valence-electron chi connectivity index (χ0n) is 18.9. The second-order valence-electron chi connectivity index (χ2n) is 8.72. The number of carbonyl (C=O) groups is 1. The van der Waals surface area contributed by atoms with Gasteiger partial charge in [-0.1, -0.05) is 61.9 Å². The molecule has 1 aliphatic carbocycles. The van der Waals surface area contributed by atoms with Crippen LogP contribution in [0.5, 0.6) is 0 Å². The third kappa shape index (κ3) is 4.23. The lowest BCUT2D eigenvalue weighted by Gasteiger charge is -2.26. The molecule has 2 aromatic heterocycles. The smallest absolute Gasteiger partial charge is 0.205 e. The number of nitrogens with one attached hydrogen (secondary N) is 1. The first kappa shape index (κ1) is 21.2. The van der Waals surface area contributed by atoms with Gasteiger partial charge in [-0.05, 0) is 54.0 Å². The van der Waals surface area contributed by atoms with Crippen LogP contribution in [0, 0.1) is 0 Å². The van der Waals surface area contributed by atoms with Gasteiger partial charge in [0.15, 0.2) is 6.29 Å². The molecule has 1 saturated carbocycles. The number of benzene rings is 2. The molecular formula is C26H28N6O. The van der Waals surface area contributed by atoms with Crippen molar-refractivity contribution >= 4 is 6.29 Å². The first-order chi connectivity index (χ1) is 16.3. The summed E-state index contributed by atoms with van der Waals surface area (Å²) in [6.45, 7) is 2.19. The SMILES string of the molecule is CCCCc1nn(C2CCC2)c(C=O)c1Cc1ccc(-c2ccccc2-c2nn[nH]n2)cc1. The number of unbranched alkanes of at least 4 members (excludes halogenated alkanes) is 1. The summed E-state index contributed by atoms with van der Waals surface area (Å²) in [5, 5.41) is 19.4. The van der Waals surface area contributed by atoms with Gasteiger partial charge in [0.25, 0.3) is 0 Å². The summed E-state index contributed by atoms with van der Waals surface area (Å²) in [4.78, 5) is 12.1. The lowest BCUT2D eigenvalue weighted by Crippen LogP contribution is -2.20. The first-order valence-corrected chi connectivity index (χ1v) is 11.8. The van der Waals surface area contributed by atoms with Crippen LogP contribution >= 0.6 is 0 Å². The molecule has 0 unspecified atom stereocenters. The molecule has 0 radical (unpaired) electrons. The van der Waals surface area contributed by atoms with Crippen LogP contribution in [0.3, 0.4) is 0 Å². The summed E-state index contributed by atoms with van der Waals surface area (Å²) in [6, 6.07) is 17.0. The maximum atomic E-state index is 12.1. The topological polar surface area (TPSA) is 89.4 Å². The molecule has 33 heavy (non-hydrogen) atoms. The van der Waals surface area contributed by atoms with Gasteiger partial charge >= 0.3 is 0 Å². The Kier molecular flexibility index (Phi) is 6.11. The number of aldehydes is 1. The Bertz CT molecular complexity index is 1220. The van der Waals surface area contributed by atoms with E-state index in [-0.39, 0.29) is 0 Å². The van der Waals surface area contributed by atoms with Crippen LogP contribution in [0.25, 0.3) is 22.5 Å². The molecule has 0 atom stereocenters. The Labute approximate surface area is 193 Å². The van der Waals surface area contributed by atoms with Gasteiger partial charge in [-0.25, -0.2) is 0 Å². The van der Waals surface area contributed by atoms with Crippen molar-refractivity contribution in [2.24, 2.45) is 0 Å². The lowest BCUT2D eigenvalue weighted by atomic mass is 9.92. The molecule has 168 valence electrons. The van der Waals surface area contributed by atoms with E-state index in [1.807, 2.05) is 22.9 Å². The van der Waals surface area contributed by atoms with Gasteiger partial charge in [0, 0.05) is 17.5 Å². The van der Waals surface area contributed by atoms with Crippen molar-refractivity contribution in [1.29, 1.82) is 0 Å². The number of rotatable bonds is 9. The molecule has 0 amide bonds. The van der Waals surface area contributed by atoms with Gasteiger partial charge in [0.2, 0.25) is 5.82 Å². The van der Waals surface area contributed by atoms with Crippen molar-refractivity contribution in [3.63, 3.8) is 0 Å². The normalized spacial score (nSPS) is 13.7.